The monoisotopic (exact) mass is 592 g/mol. The van der Waals surface area contributed by atoms with Crippen LogP contribution in [0.3, 0.4) is 0 Å². The van der Waals surface area contributed by atoms with E-state index in [1.807, 2.05) is 54.3 Å². The Kier molecular flexibility index (Phi) is 8.69. The van der Waals surface area contributed by atoms with E-state index in [4.69, 9.17) is 4.98 Å². The van der Waals surface area contributed by atoms with Gasteiger partial charge >= 0.3 is 0 Å². The molecule has 1 saturated heterocycles. The van der Waals surface area contributed by atoms with Crippen molar-refractivity contribution < 1.29 is 9.59 Å². The molecular formula is C35H40N6O3. The molecule has 0 radical (unpaired) electrons. The summed E-state index contributed by atoms with van der Waals surface area (Å²) < 4.78 is 0. The minimum Gasteiger partial charge on any atom is -0.336 e. The van der Waals surface area contributed by atoms with Crippen LogP contribution in [0.15, 0.2) is 71.5 Å². The molecule has 5 rings (SSSR count). The molecule has 1 aliphatic rings. The van der Waals surface area contributed by atoms with Gasteiger partial charge in [-0.2, -0.15) is 0 Å². The SMILES string of the molecule is Cc1[nH]c(=O)c(Nc2ccc(C(=O)N3CCN(C)CC3)cc2)nc1-c1cccc(NC(=O)c2ccc(C(C)(C)C)cc2)c1C. The van der Waals surface area contributed by atoms with Crippen LogP contribution in [-0.4, -0.2) is 64.8 Å². The molecule has 0 aliphatic carbocycles. The fourth-order valence-electron chi connectivity index (χ4n) is 5.25. The summed E-state index contributed by atoms with van der Waals surface area (Å²) in [6.07, 6.45) is 0. The Labute approximate surface area is 258 Å². The lowest BCUT2D eigenvalue weighted by Gasteiger charge is -2.32. The molecular weight excluding hydrogens is 552 g/mol. The number of carbonyl (C=O) groups excluding carboxylic acids is 2. The van der Waals surface area contributed by atoms with Crippen molar-refractivity contribution in [3.63, 3.8) is 0 Å². The number of hydrogen-bond donors (Lipinski definition) is 3. The molecule has 2 heterocycles. The van der Waals surface area contributed by atoms with Crippen molar-refractivity contribution >= 4 is 29.0 Å². The third-order valence-electron chi connectivity index (χ3n) is 8.13. The van der Waals surface area contributed by atoms with Crippen molar-refractivity contribution in [2.75, 3.05) is 43.9 Å². The predicted molar refractivity (Wildman–Crippen MR) is 176 cm³/mol. The van der Waals surface area contributed by atoms with Gasteiger partial charge in [0.2, 0.25) is 0 Å². The van der Waals surface area contributed by atoms with Crippen LogP contribution in [0.4, 0.5) is 17.2 Å². The number of H-pyrrole nitrogens is 1. The van der Waals surface area contributed by atoms with E-state index >= 15 is 0 Å². The van der Waals surface area contributed by atoms with Crippen LogP contribution in [0.2, 0.25) is 0 Å². The van der Waals surface area contributed by atoms with Crippen LogP contribution in [0.1, 0.15) is 58.3 Å². The number of aromatic nitrogens is 2. The Morgan fingerprint density at radius 2 is 1.50 bits per heavy atom. The number of amides is 2. The zero-order valence-electron chi connectivity index (χ0n) is 26.2. The third-order valence-corrected chi connectivity index (χ3v) is 8.13. The summed E-state index contributed by atoms with van der Waals surface area (Å²) in [5.41, 5.74) is 6.10. The highest BCUT2D eigenvalue weighted by atomic mass is 16.2. The normalized spacial score (nSPS) is 13.9. The van der Waals surface area contributed by atoms with Gasteiger partial charge in [0, 0.05) is 59.9 Å². The quantitative estimate of drug-likeness (QED) is 0.264. The molecule has 1 aromatic heterocycles. The van der Waals surface area contributed by atoms with E-state index in [1.54, 1.807) is 31.2 Å². The molecule has 44 heavy (non-hydrogen) atoms. The molecule has 1 fully saturated rings. The van der Waals surface area contributed by atoms with E-state index in [0.717, 1.165) is 29.8 Å². The van der Waals surface area contributed by atoms with E-state index in [0.29, 0.717) is 47.0 Å². The second-order valence-electron chi connectivity index (χ2n) is 12.4. The molecule has 0 atom stereocenters. The number of nitrogens with zero attached hydrogens (tertiary/aromatic N) is 3. The molecule has 3 N–H and O–H groups in total. The Morgan fingerprint density at radius 1 is 0.864 bits per heavy atom. The van der Waals surface area contributed by atoms with Gasteiger partial charge in [0.25, 0.3) is 17.4 Å². The Bertz CT molecular complexity index is 1730. The highest BCUT2D eigenvalue weighted by molar-refractivity contribution is 6.05. The minimum atomic E-state index is -0.357. The van der Waals surface area contributed by atoms with Crippen LogP contribution >= 0.6 is 0 Å². The minimum absolute atomic E-state index is 0.00221. The van der Waals surface area contributed by atoms with Crippen molar-refractivity contribution in [3.8, 4) is 11.3 Å². The van der Waals surface area contributed by atoms with Gasteiger partial charge in [-0.05, 0) is 79.9 Å². The number of rotatable bonds is 6. The summed E-state index contributed by atoms with van der Waals surface area (Å²) >= 11 is 0. The zero-order chi connectivity index (χ0) is 31.6. The van der Waals surface area contributed by atoms with Crippen molar-refractivity contribution in [2.24, 2.45) is 0 Å². The van der Waals surface area contributed by atoms with Gasteiger partial charge < -0.3 is 25.4 Å². The summed E-state index contributed by atoms with van der Waals surface area (Å²) in [4.78, 5) is 50.6. The molecule has 228 valence electrons. The fraction of sp³-hybridized carbons (Fsp3) is 0.314. The molecule has 0 spiro atoms. The van der Waals surface area contributed by atoms with Crippen LogP contribution in [0.25, 0.3) is 11.3 Å². The molecule has 9 heteroatoms. The van der Waals surface area contributed by atoms with Crippen LogP contribution in [0, 0.1) is 13.8 Å². The van der Waals surface area contributed by atoms with Crippen LogP contribution < -0.4 is 16.2 Å². The first kappa shape index (κ1) is 30.7. The summed E-state index contributed by atoms with van der Waals surface area (Å²) in [5.74, 6) is -0.0621. The van der Waals surface area contributed by atoms with Gasteiger partial charge in [-0.25, -0.2) is 4.98 Å². The Hall–Kier alpha value is -4.76. The number of aryl methyl sites for hydroxylation is 1. The molecule has 1 aliphatic heterocycles. The van der Waals surface area contributed by atoms with Gasteiger partial charge in [0.1, 0.15) is 0 Å². The number of nitrogens with one attached hydrogen (secondary N) is 3. The second-order valence-corrected chi connectivity index (χ2v) is 12.4. The number of likely N-dealkylation sites (N-methyl/N-ethyl adjacent to an activating group) is 1. The average Bonchev–Trinajstić information content (AvgIpc) is 3.00. The number of carbonyl (C=O) groups is 2. The number of hydrogen-bond acceptors (Lipinski definition) is 6. The maximum absolute atomic E-state index is 13.1. The van der Waals surface area contributed by atoms with Gasteiger partial charge in [0.05, 0.1) is 5.69 Å². The second kappa shape index (κ2) is 12.5. The lowest BCUT2D eigenvalue weighted by atomic mass is 9.86. The van der Waals surface area contributed by atoms with Crippen molar-refractivity contribution in [1.82, 2.24) is 19.8 Å². The predicted octanol–water partition coefficient (Wildman–Crippen LogP) is 5.73. The standard InChI is InChI=1S/C35H40N6O3/c1-22-28(8-7-9-29(22)38-32(42)24-10-14-26(15-11-24)35(3,4)5)30-23(2)36-33(43)31(39-30)37-27-16-12-25(13-17-27)34(44)41-20-18-40(6)19-21-41/h7-17H,18-21H2,1-6H3,(H,36,43)(H,37,39)(H,38,42). The zero-order valence-corrected chi connectivity index (χ0v) is 26.2. The van der Waals surface area contributed by atoms with Gasteiger partial charge in [0.15, 0.2) is 5.82 Å². The first-order valence-corrected chi connectivity index (χ1v) is 14.9. The van der Waals surface area contributed by atoms with Crippen LogP contribution in [-0.2, 0) is 5.41 Å². The Balaban J connectivity index is 1.34. The van der Waals surface area contributed by atoms with Crippen molar-refractivity contribution in [1.29, 1.82) is 0 Å². The third kappa shape index (κ3) is 6.73. The fourth-order valence-corrected chi connectivity index (χ4v) is 5.25. The van der Waals surface area contributed by atoms with Gasteiger partial charge in [-0.15, -0.1) is 0 Å². The maximum Gasteiger partial charge on any atom is 0.291 e. The summed E-state index contributed by atoms with van der Waals surface area (Å²) in [6, 6.07) is 20.4. The first-order valence-electron chi connectivity index (χ1n) is 14.9. The summed E-state index contributed by atoms with van der Waals surface area (Å²) in [5, 5.41) is 6.14. The Morgan fingerprint density at radius 3 is 2.14 bits per heavy atom. The number of anilines is 3. The molecule has 2 amide bonds. The molecule has 4 aromatic rings. The lowest BCUT2D eigenvalue weighted by Crippen LogP contribution is -2.47. The first-order chi connectivity index (χ1) is 20.9. The van der Waals surface area contributed by atoms with Crippen molar-refractivity contribution in [3.05, 3.63) is 105 Å². The van der Waals surface area contributed by atoms with Gasteiger partial charge in [-0.1, -0.05) is 45.0 Å². The molecule has 9 nitrogen and oxygen atoms in total. The molecule has 3 aromatic carbocycles. The van der Waals surface area contributed by atoms with Gasteiger partial charge in [-0.3, -0.25) is 14.4 Å². The van der Waals surface area contributed by atoms with Crippen molar-refractivity contribution in [2.45, 2.75) is 40.0 Å². The number of benzene rings is 3. The van der Waals surface area contributed by atoms with E-state index in [2.05, 4.69) is 48.3 Å². The topological polar surface area (TPSA) is 110 Å². The highest BCUT2D eigenvalue weighted by Gasteiger charge is 2.21. The summed E-state index contributed by atoms with van der Waals surface area (Å²) in [7, 11) is 2.05. The van der Waals surface area contributed by atoms with Crippen LogP contribution in [0.5, 0.6) is 0 Å². The molecule has 0 saturated carbocycles. The van der Waals surface area contributed by atoms with E-state index < -0.39 is 0 Å². The number of aromatic amines is 1. The smallest absolute Gasteiger partial charge is 0.291 e. The average molecular weight is 593 g/mol. The van der Waals surface area contributed by atoms with E-state index in [1.165, 1.54) is 0 Å². The largest absolute Gasteiger partial charge is 0.336 e. The highest BCUT2D eigenvalue weighted by Crippen LogP contribution is 2.30. The molecule has 0 bridgehead atoms. The molecule has 0 unspecified atom stereocenters. The van der Waals surface area contributed by atoms with E-state index in [-0.39, 0.29) is 28.6 Å². The van der Waals surface area contributed by atoms with E-state index in [9.17, 15) is 14.4 Å². The number of piperazine rings is 1. The summed E-state index contributed by atoms with van der Waals surface area (Å²) in [6.45, 7) is 13.3. The maximum atomic E-state index is 13.1. The lowest BCUT2D eigenvalue weighted by molar-refractivity contribution is 0.0664.